The van der Waals surface area contributed by atoms with Crippen molar-refractivity contribution in [2.24, 2.45) is 0 Å². The molecule has 0 aromatic carbocycles. The van der Waals surface area contributed by atoms with Gasteiger partial charge in [-0.05, 0) is 20.8 Å². The van der Waals surface area contributed by atoms with Crippen molar-refractivity contribution in [3.63, 3.8) is 0 Å². The second kappa shape index (κ2) is 2.27. The van der Waals surface area contributed by atoms with Crippen LogP contribution in [0.3, 0.4) is 0 Å². The van der Waals surface area contributed by atoms with Gasteiger partial charge in [-0.25, -0.2) is 0 Å². The third-order valence-electron chi connectivity index (χ3n) is 1.24. The Hall–Kier alpha value is -0.0800. The second-order valence-corrected chi connectivity index (χ2v) is 3.01. The van der Waals surface area contributed by atoms with Crippen LogP contribution in [0.4, 0.5) is 0 Å². The highest BCUT2D eigenvalue weighted by Gasteiger charge is 2.26. The van der Waals surface area contributed by atoms with Crippen LogP contribution in [0.1, 0.15) is 13.8 Å². The summed E-state index contributed by atoms with van der Waals surface area (Å²) in [7, 11) is 0. The molecule has 53 valence electrons. The molecule has 1 saturated heterocycles. The highest BCUT2D eigenvalue weighted by molar-refractivity contribution is 4.76. The standard InChI is InChI=1S/C7H13O2/c1-6-4-8-5-7(2,3)9-6/h6H,1,4-5H2,2-3H3. The van der Waals surface area contributed by atoms with Crippen LogP contribution >= 0.6 is 0 Å². The van der Waals surface area contributed by atoms with Crippen molar-refractivity contribution in [1.82, 2.24) is 0 Å². The molecule has 1 fully saturated rings. The highest BCUT2D eigenvalue weighted by Crippen LogP contribution is 2.17. The molecule has 1 aliphatic heterocycles. The maximum Gasteiger partial charge on any atom is 0.0863 e. The van der Waals surface area contributed by atoms with Crippen molar-refractivity contribution in [3.8, 4) is 0 Å². The average molecular weight is 129 g/mol. The maximum atomic E-state index is 5.44. The van der Waals surface area contributed by atoms with Crippen molar-refractivity contribution >= 4 is 0 Å². The van der Waals surface area contributed by atoms with E-state index in [1.165, 1.54) is 0 Å². The number of ether oxygens (including phenoxy) is 2. The summed E-state index contributed by atoms with van der Waals surface area (Å²) in [6.45, 7) is 9.06. The molecule has 9 heavy (non-hydrogen) atoms. The van der Waals surface area contributed by atoms with Crippen LogP contribution in [0.15, 0.2) is 0 Å². The van der Waals surface area contributed by atoms with Crippen molar-refractivity contribution in [3.05, 3.63) is 6.92 Å². The predicted octanol–water partition coefficient (Wildman–Crippen LogP) is 1.01. The van der Waals surface area contributed by atoms with Crippen LogP contribution in [-0.4, -0.2) is 24.9 Å². The Kier molecular flexibility index (Phi) is 1.78. The van der Waals surface area contributed by atoms with E-state index >= 15 is 0 Å². The SMILES string of the molecule is [CH2]C1COCC(C)(C)O1. The summed E-state index contributed by atoms with van der Waals surface area (Å²) in [6, 6.07) is 0. The van der Waals surface area contributed by atoms with Gasteiger partial charge in [0.25, 0.3) is 0 Å². The van der Waals surface area contributed by atoms with Crippen LogP contribution in [0.2, 0.25) is 0 Å². The Bertz CT molecular complexity index is 99.1. The molecule has 0 spiro atoms. The molecule has 0 bridgehead atoms. The van der Waals surface area contributed by atoms with Gasteiger partial charge in [-0.15, -0.1) is 0 Å². The monoisotopic (exact) mass is 129 g/mol. The van der Waals surface area contributed by atoms with Crippen LogP contribution in [0.5, 0.6) is 0 Å². The lowest BCUT2D eigenvalue weighted by Crippen LogP contribution is -2.41. The summed E-state index contributed by atoms with van der Waals surface area (Å²) in [4.78, 5) is 0. The molecule has 2 heteroatoms. The second-order valence-electron chi connectivity index (χ2n) is 3.01. The van der Waals surface area contributed by atoms with Gasteiger partial charge in [0.1, 0.15) is 0 Å². The van der Waals surface area contributed by atoms with Gasteiger partial charge in [0.05, 0.1) is 24.9 Å². The molecule has 0 aliphatic carbocycles. The third kappa shape index (κ3) is 1.95. The van der Waals surface area contributed by atoms with E-state index in [1.54, 1.807) is 0 Å². The fourth-order valence-electron chi connectivity index (χ4n) is 0.955. The molecule has 1 atom stereocenters. The Labute approximate surface area is 56.2 Å². The van der Waals surface area contributed by atoms with Crippen LogP contribution < -0.4 is 0 Å². The largest absolute Gasteiger partial charge is 0.376 e. The van der Waals surface area contributed by atoms with E-state index in [1.807, 2.05) is 13.8 Å². The van der Waals surface area contributed by atoms with E-state index in [-0.39, 0.29) is 11.7 Å². The Morgan fingerprint density at radius 2 is 2.22 bits per heavy atom. The van der Waals surface area contributed by atoms with Gasteiger partial charge in [-0.2, -0.15) is 0 Å². The fourth-order valence-corrected chi connectivity index (χ4v) is 0.955. The zero-order valence-electron chi connectivity index (χ0n) is 6.02. The average Bonchev–Trinajstić information content (AvgIpc) is 1.60. The van der Waals surface area contributed by atoms with Gasteiger partial charge < -0.3 is 9.47 Å². The first-order valence-corrected chi connectivity index (χ1v) is 3.19. The lowest BCUT2D eigenvalue weighted by atomic mass is 10.1. The van der Waals surface area contributed by atoms with Crippen LogP contribution in [-0.2, 0) is 9.47 Å². The summed E-state index contributed by atoms with van der Waals surface area (Å²) in [6.07, 6.45) is 0.00810. The Morgan fingerprint density at radius 3 is 2.56 bits per heavy atom. The summed E-state index contributed by atoms with van der Waals surface area (Å²) >= 11 is 0. The highest BCUT2D eigenvalue weighted by atomic mass is 16.6. The fraction of sp³-hybridized carbons (Fsp3) is 0.857. The van der Waals surface area contributed by atoms with E-state index in [0.717, 1.165) is 0 Å². The topological polar surface area (TPSA) is 18.5 Å². The van der Waals surface area contributed by atoms with E-state index in [0.29, 0.717) is 13.2 Å². The van der Waals surface area contributed by atoms with E-state index in [9.17, 15) is 0 Å². The number of rotatable bonds is 0. The van der Waals surface area contributed by atoms with Crippen LogP contribution in [0.25, 0.3) is 0 Å². The van der Waals surface area contributed by atoms with Gasteiger partial charge in [-0.1, -0.05) is 0 Å². The minimum atomic E-state index is -0.134. The number of hydrogen-bond donors (Lipinski definition) is 0. The summed E-state index contributed by atoms with van der Waals surface area (Å²) in [5, 5.41) is 0. The molecule has 0 amide bonds. The Balaban J connectivity index is 2.41. The molecule has 1 heterocycles. The van der Waals surface area contributed by atoms with Crippen molar-refractivity contribution in [2.75, 3.05) is 13.2 Å². The molecule has 1 aliphatic rings. The Morgan fingerprint density at radius 1 is 1.56 bits per heavy atom. The van der Waals surface area contributed by atoms with Crippen LogP contribution in [0, 0.1) is 6.92 Å². The minimum Gasteiger partial charge on any atom is -0.376 e. The lowest BCUT2D eigenvalue weighted by Gasteiger charge is -2.33. The first-order valence-electron chi connectivity index (χ1n) is 3.19. The maximum absolute atomic E-state index is 5.44. The van der Waals surface area contributed by atoms with Gasteiger partial charge in [-0.3, -0.25) is 0 Å². The smallest absolute Gasteiger partial charge is 0.0863 e. The molecule has 0 aromatic rings. The van der Waals surface area contributed by atoms with E-state index in [2.05, 4.69) is 6.92 Å². The van der Waals surface area contributed by atoms with Gasteiger partial charge in [0.15, 0.2) is 0 Å². The molecule has 0 saturated carbocycles. The first-order chi connectivity index (χ1) is 4.10. The molecule has 1 rings (SSSR count). The molecule has 1 unspecified atom stereocenters. The summed E-state index contributed by atoms with van der Waals surface area (Å²) in [5.74, 6) is 0. The molecular weight excluding hydrogens is 116 g/mol. The normalized spacial score (nSPS) is 34.3. The quantitative estimate of drug-likeness (QED) is 0.486. The van der Waals surface area contributed by atoms with Crippen molar-refractivity contribution in [1.29, 1.82) is 0 Å². The zero-order valence-corrected chi connectivity index (χ0v) is 6.02. The molecule has 1 radical (unpaired) electrons. The van der Waals surface area contributed by atoms with E-state index in [4.69, 9.17) is 9.47 Å². The molecule has 0 N–H and O–H groups in total. The zero-order chi connectivity index (χ0) is 6.91. The summed E-state index contributed by atoms with van der Waals surface area (Å²) in [5.41, 5.74) is -0.134. The van der Waals surface area contributed by atoms with E-state index < -0.39 is 0 Å². The molecule has 2 nitrogen and oxygen atoms in total. The van der Waals surface area contributed by atoms with Gasteiger partial charge in [0, 0.05) is 0 Å². The minimum absolute atomic E-state index is 0.00810. The van der Waals surface area contributed by atoms with Gasteiger partial charge in [0.2, 0.25) is 0 Å². The molecular formula is C7H13O2. The molecule has 0 aromatic heterocycles. The summed E-state index contributed by atoms with van der Waals surface area (Å²) < 4.78 is 10.6. The predicted molar refractivity (Wildman–Crippen MR) is 35.1 cm³/mol. The number of hydrogen-bond acceptors (Lipinski definition) is 2. The lowest BCUT2D eigenvalue weighted by molar-refractivity contribution is -0.166. The first kappa shape index (κ1) is 7.03. The van der Waals surface area contributed by atoms with Gasteiger partial charge >= 0.3 is 0 Å². The van der Waals surface area contributed by atoms with Crippen molar-refractivity contribution < 1.29 is 9.47 Å². The van der Waals surface area contributed by atoms with Crippen molar-refractivity contribution in [2.45, 2.75) is 25.6 Å². The third-order valence-corrected chi connectivity index (χ3v) is 1.24.